The molecule has 0 saturated heterocycles. The second-order valence-corrected chi connectivity index (χ2v) is 6.65. The lowest BCUT2D eigenvalue weighted by Gasteiger charge is -2.29. The molecule has 124 valence electrons. The Morgan fingerprint density at radius 2 is 2.09 bits per heavy atom. The summed E-state index contributed by atoms with van der Waals surface area (Å²) < 4.78 is 5.62. The van der Waals surface area contributed by atoms with Crippen molar-refractivity contribution < 1.29 is 4.74 Å². The molecule has 1 fully saturated rings. The monoisotopic (exact) mass is 304 g/mol. The molecule has 0 heterocycles. The molecule has 0 aromatic heterocycles. The maximum Gasteiger partial charge on any atom is 0.142 e. The smallest absolute Gasteiger partial charge is 0.142 e. The van der Waals surface area contributed by atoms with E-state index in [1.807, 2.05) is 6.07 Å². The highest BCUT2D eigenvalue weighted by atomic mass is 16.5. The van der Waals surface area contributed by atoms with Crippen molar-refractivity contribution in [1.82, 2.24) is 5.32 Å². The zero-order valence-corrected chi connectivity index (χ0v) is 14.2. The molecule has 3 heteroatoms. The molecule has 3 N–H and O–H groups in total. The number of ether oxygens (including phenoxy) is 1. The quantitative estimate of drug-likeness (QED) is 0.560. The van der Waals surface area contributed by atoms with Gasteiger partial charge >= 0.3 is 0 Å². The van der Waals surface area contributed by atoms with Crippen LogP contribution in [0.4, 0.5) is 5.69 Å². The number of nitrogens with one attached hydrogen (secondary N) is 1. The van der Waals surface area contributed by atoms with Crippen LogP contribution in [0.25, 0.3) is 0 Å². The molecule has 1 aromatic carbocycles. The molecule has 3 nitrogen and oxygen atoms in total. The maximum absolute atomic E-state index is 6.06. The van der Waals surface area contributed by atoms with E-state index in [1.165, 1.54) is 31.2 Å². The summed E-state index contributed by atoms with van der Waals surface area (Å²) in [5.74, 6) is 1.65. The summed E-state index contributed by atoms with van der Waals surface area (Å²) in [7, 11) is 0. The van der Waals surface area contributed by atoms with Gasteiger partial charge in [-0.05, 0) is 62.3 Å². The standard InChI is InChI=1S/C19H32N2O/c1-3-13-22-19-11-10-16(14-17(19)20)8-6-12-21-18-9-5-4-7-15(18)2/h10-11,14-15,18,21H,3-9,12-13,20H2,1-2H3. The van der Waals surface area contributed by atoms with Gasteiger partial charge in [-0.1, -0.05) is 32.8 Å². The maximum atomic E-state index is 6.06. The van der Waals surface area contributed by atoms with Gasteiger partial charge in [-0.15, -0.1) is 0 Å². The minimum Gasteiger partial charge on any atom is -0.491 e. The fraction of sp³-hybridized carbons (Fsp3) is 0.684. The van der Waals surface area contributed by atoms with Gasteiger partial charge in [0.2, 0.25) is 0 Å². The average Bonchev–Trinajstić information content (AvgIpc) is 2.52. The number of hydrogen-bond donors (Lipinski definition) is 2. The van der Waals surface area contributed by atoms with Crippen LogP contribution in [0.1, 0.15) is 57.9 Å². The van der Waals surface area contributed by atoms with Crippen LogP contribution >= 0.6 is 0 Å². The third-order valence-electron chi connectivity index (χ3n) is 4.70. The number of nitrogens with two attached hydrogens (primary N) is 1. The van der Waals surface area contributed by atoms with Gasteiger partial charge in [-0.3, -0.25) is 0 Å². The van der Waals surface area contributed by atoms with Gasteiger partial charge in [0.15, 0.2) is 0 Å². The summed E-state index contributed by atoms with van der Waals surface area (Å²) in [6.45, 7) is 6.31. The molecule has 22 heavy (non-hydrogen) atoms. The summed E-state index contributed by atoms with van der Waals surface area (Å²) in [5.41, 5.74) is 8.13. The predicted octanol–water partition coefficient (Wildman–Crippen LogP) is 4.16. The van der Waals surface area contributed by atoms with Gasteiger partial charge in [0.05, 0.1) is 12.3 Å². The number of rotatable bonds is 8. The van der Waals surface area contributed by atoms with Crippen molar-refractivity contribution >= 4 is 5.69 Å². The Bertz CT molecular complexity index is 447. The number of nitrogen functional groups attached to an aromatic ring is 1. The number of aryl methyl sites for hydroxylation is 1. The highest BCUT2D eigenvalue weighted by molar-refractivity contribution is 5.54. The van der Waals surface area contributed by atoms with E-state index in [1.54, 1.807) is 0 Å². The van der Waals surface area contributed by atoms with Gasteiger partial charge in [0, 0.05) is 6.04 Å². The van der Waals surface area contributed by atoms with Crippen LogP contribution in [0.2, 0.25) is 0 Å². The normalized spacial score (nSPS) is 21.7. The zero-order chi connectivity index (χ0) is 15.8. The zero-order valence-electron chi connectivity index (χ0n) is 14.2. The van der Waals surface area contributed by atoms with Gasteiger partial charge in [-0.2, -0.15) is 0 Å². The van der Waals surface area contributed by atoms with E-state index >= 15 is 0 Å². The molecule has 0 spiro atoms. The molecule has 1 aromatic rings. The van der Waals surface area contributed by atoms with Gasteiger partial charge in [0.25, 0.3) is 0 Å². The molecular formula is C19H32N2O. The van der Waals surface area contributed by atoms with Crippen molar-refractivity contribution in [3.05, 3.63) is 23.8 Å². The summed E-state index contributed by atoms with van der Waals surface area (Å²) >= 11 is 0. The summed E-state index contributed by atoms with van der Waals surface area (Å²) in [5, 5.41) is 3.74. The molecule has 1 aliphatic carbocycles. The Kier molecular flexibility index (Phi) is 7.04. The summed E-state index contributed by atoms with van der Waals surface area (Å²) in [6, 6.07) is 6.94. The van der Waals surface area contributed by atoms with Crippen molar-refractivity contribution in [3.8, 4) is 5.75 Å². The first-order chi connectivity index (χ1) is 10.7. The van der Waals surface area contributed by atoms with E-state index in [0.717, 1.165) is 55.8 Å². The lowest BCUT2D eigenvalue weighted by atomic mass is 9.86. The number of benzene rings is 1. The van der Waals surface area contributed by atoms with Crippen LogP contribution in [0.3, 0.4) is 0 Å². The number of anilines is 1. The second-order valence-electron chi connectivity index (χ2n) is 6.65. The minimum atomic E-state index is 0.726. The van der Waals surface area contributed by atoms with Crippen LogP contribution in [-0.2, 0) is 6.42 Å². The lowest BCUT2D eigenvalue weighted by molar-refractivity contribution is 0.280. The van der Waals surface area contributed by atoms with E-state index in [0.29, 0.717) is 0 Å². The molecule has 2 rings (SSSR count). The van der Waals surface area contributed by atoms with Crippen LogP contribution in [-0.4, -0.2) is 19.2 Å². The molecule has 0 aliphatic heterocycles. The van der Waals surface area contributed by atoms with Crippen LogP contribution in [0.15, 0.2) is 18.2 Å². The van der Waals surface area contributed by atoms with E-state index in [2.05, 4.69) is 31.3 Å². The van der Waals surface area contributed by atoms with Crippen molar-refractivity contribution in [3.63, 3.8) is 0 Å². The third-order valence-corrected chi connectivity index (χ3v) is 4.70. The first-order valence-corrected chi connectivity index (χ1v) is 8.95. The highest BCUT2D eigenvalue weighted by Crippen LogP contribution is 2.24. The molecule has 2 atom stereocenters. The fourth-order valence-corrected chi connectivity index (χ4v) is 3.30. The SMILES string of the molecule is CCCOc1ccc(CCCNC2CCCCC2C)cc1N. The Labute approximate surface area is 135 Å². The molecule has 0 bridgehead atoms. The second kappa shape index (κ2) is 9.04. The number of hydrogen-bond acceptors (Lipinski definition) is 3. The molecule has 1 aliphatic rings. The summed E-state index contributed by atoms with van der Waals surface area (Å²) in [4.78, 5) is 0. The highest BCUT2D eigenvalue weighted by Gasteiger charge is 2.19. The molecule has 0 radical (unpaired) electrons. The lowest BCUT2D eigenvalue weighted by Crippen LogP contribution is -2.37. The van der Waals surface area contributed by atoms with Crippen molar-refractivity contribution in [2.75, 3.05) is 18.9 Å². The van der Waals surface area contributed by atoms with Crippen molar-refractivity contribution in [2.45, 2.75) is 64.8 Å². The average molecular weight is 304 g/mol. The van der Waals surface area contributed by atoms with E-state index < -0.39 is 0 Å². The van der Waals surface area contributed by atoms with Gasteiger partial charge < -0.3 is 15.8 Å². The molecule has 0 amide bonds. The van der Waals surface area contributed by atoms with Gasteiger partial charge in [-0.25, -0.2) is 0 Å². The van der Waals surface area contributed by atoms with Crippen LogP contribution in [0.5, 0.6) is 5.75 Å². The predicted molar refractivity (Wildman–Crippen MR) is 94.4 cm³/mol. The van der Waals surface area contributed by atoms with Crippen LogP contribution in [0, 0.1) is 5.92 Å². The van der Waals surface area contributed by atoms with Gasteiger partial charge in [0.1, 0.15) is 5.75 Å². The fourth-order valence-electron chi connectivity index (χ4n) is 3.30. The molecular weight excluding hydrogens is 272 g/mol. The van der Waals surface area contributed by atoms with E-state index in [-0.39, 0.29) is 0 Å². The Morgan fingerprint density at radius 1 is 1.27 bits per heavy atom. The van der Waals surface area contributed by atoms with Crippen molar-refractivity contribution in [1.29, 1.82) is 0 Å². The van der Waals surface area contributed by atoms with Crippen LogP contribution < -0.4 is 15.8 Å². The minimum absolute atomic E-state index is 0.726. The molecule has 1 saturated carbocycles. The van der Waals surface area contributed by atoms with E-state index in [9.17, 15) is 0 Å². The third kappa shape index (κ3) is 5.20. The topological polar surface area (TPSA) is 47.3 Å². The summed E-state index contributed by atoms with van der Waals surface area (Å²) in [6.07, 6.45) is 8.77. The largest absolute Gasteiger partial charge is 0.491 e. The molecule has 2 unspecified atom stereocenters. The van der Waals surface area contributed by atoms with E-state index in [4.69, 9.17) is 10.5 Å². The first-order valence-electron chi connectivity index (χ1n) is 8.95. The van der Waals surface area contributed by atoms with Crippen molar-refractivity contribution in [2.24, 2.45) is 5.92 Å². The first kappa shape index (κ1) is 17.1. The Balaban J connectivity index is 1.71. The Hall–Kier alpha value is -1.22. The Morgan fingerprint density at radius 3 is 2.82 bits per heavy atom.